The van der Waals surface area contributed by atoms with Crippen molar-refractivity contribution in [2.75, 3.05) is 20.2 Å². The van der Waals surface area contributed by atoms with Crippen LogP contribution >= 0.6 is 12.1 Å². The van der Waals surface area contributed by atoms with Crippen LogP contribution in [0, 0.1) is 0 Å². The van der Waals surface area contributed by atoms with E-state index in [-0.39, 0.29) is 12.0 Å². The van der Waals surface area contributed by atoms with Crippen LogP contribution in [-0.2, 0) is 14.3 Å². The quantitative estimate of drug-likeness (QED) is 0.368. The third-order valence-corrected chi connectivity index (χ3v) is 2.96. The van der Waals surface area contributed by atoms with Gasteiger partial charge >= 0.3 is 5.97 Å². The summed E-state index contributed by atoms with van der Waals surface area (Å²) in [5, 5.41) is 0. The molecule has 5 nitrogen and oxygen atoms in total. The minimum absolute atomic E-state index is 0.206. The molecular formula is C10H20N2O3S. The first-order valence-electron chi connectivity index (χ1n) is 5.29. The predicted molar refractivity (Wildman–Crippen MR) is 64.5 cm³/mol. The van der Waals surface area contributed by atoms with Gasteiger partial charge in [0.25, 0.3) is 0 Å². The first-order chi connectivity index (χ1) is 7.51. The lowest BCUT2D eigenvalue weighted by Crippen LogP contribution is -2.30. The van der Waals surface area contributed by atoms with Crippen LogP contribution in [0.1, 0.15) is 27.2 Å². The molecule has 0 aliphatic carbocycles. The molecule has 0 unspecified atom stereocenters. The van der Waals surface area contributed by atoms with Gasteiger partial charge in [0.15, 0.2) is 0 Å². The van der Waals surface area contributed by atoms with Crippen LogP contribution in [0.5, 0.6) is 0 Å². The Bertz CT molecular complexity index is 224. The van der Waals surface area contributed by atoms with E-state index in [0.29, 0.717) is 19.6 Å². The monoisotopic (exact) mass is 248 g/mol. The second-order valence-electron chi connectivity index (χ2n) is 3.52. The molecule has 0 aliphatic rings. The number of ether oxygens (including phenoxy) is 1. The van der Waals surface area contributed by atoms with E-state index in [2.05, 4.69) is 0 Å². The van der Waals surface area contributed by atoms with Crippen LogP contribution in [0.25, 0.3) is 0 Å². The van der Waals surface area contributed by atoms with Gasteiger partial charge in [-0.3, -0.25) is 13.9 Å². The second kappa shape index (κ2) is 8.41. The fourth-order valence-corrected chi connectivity index (χ4v) is 1.74. The van der Waals surface area contributed by atoms with Gasteiger partial charge in [0.2, 0.25) is 6.41 Å². The number of hydrogen-bond donors (Lipinski definition) is 0. The second-order valence-corrected chi connectivity index (χ2v) is 4.73. The van der Waals surface area contributed by atoms with Crippen molar-refractivity contribution in [2.45, 2.75) is 33.2 Å². The minimum atomic E-state index is -0.206. The summed E-state index contributed by atoms with van der Waals surface area (Å²) in [5.74, 6) is -0.206. The van der Waals surface area contributed by atoms with E-state index in [1.807, 2.05) is 18.2 Å². The Kier molecular flexibility index (Phi) is 8.01. The van der Waals surface area contributed by atoms with Gasteiger partial charge in [-0.15, -0.1) is 0 Å². The summed E-state index contributed by atoms with van der Waals surface area (Å²) in [6.45, 7) is 6.78. The summed E-state index contributed by atoms with van der Waals surface area (Å²) in [6, 6.07) is 0.252. The Morgan fingerprint density at radius 2 is 2.12 bits per heavy atom. The van der Waals surface area contributed by atoms with Crippen molar-refractivity contribution in [1.82, 2.24) is 8.61 Å². The molecule has 0 aromatic heterocycles. The van der Waals surface area contributed by atoms with Crippen LogP contribution in [0.4, 0.5) is 0 Å². The van der Waals surface area contributed by atoms with Gasteiger partial charge in [-0.05, 0) is 20.8 Å². The van der Waals surface area contributed by atoms with Gasteiger partial charge in [0.1, 0.15) is 0 Å². The highest BCUT2D eigenvalue weighted by Gasteiger charge is 2.14. The van der Waals surface area contributed by atoms with Crippen molar-refractivity contribution in [1.29, 1.82) is 0 Å². The first kappa shape index (κ1) is 15.2. The number of hydrogen-bond acceptors (Lipinski definition) is 5. The summed E-state index contributed by atoms with van der Waals surface area (Å²) >= 11 is 1.30. The van der Waals surface area contributed by atoms with Crippen LogP contribution in [0.3, 0.4) is 0 Å². The van der Waals surface area contributed by atoms with Gasteiger partial charge in [-0.2, -0.15) is 0 Å². The molecule has 0 aliphatic heterocycles. The van der Waals surface area contributed by atoms with Crippen molar-refractivity contribution in [3.8, 4) is 0 Å². The molecule has 94 valence electrons. The standard InChI is InChI=1S/C10H20N2O3S/c1-5-15-10(14)6-7-12(9(2)3)16-11(4)8-13/h8-9H,5-7H2,1-4H3. The molecule has 0 rings (SSSR count). The highest BCUT2D eigenvalue weighted by molar-refractivity contribution is 7.95. The molecule has 16 heavy (non-hydrogen) atoms. The lowest BCUT2D eigenvalue weighted by Gasteiger charge is -2.26. The van der Waals surface area contributed by atoms with Crippen molar-refractivity contribution >= 4 is 24.5 Å². The van der Waals surface area contributed by atoms with Gasteiger partial charge in [0.05, 0.1) is 13.0 Å². The van der Waals surface area contributed by atoms with E-state index >= 15 is 0 Å². The normalized spacial score (nSPS) is 10.6. The van der Waals surface area contributed by atoms with Gasteiger partial charge in [-0.1, -0.05) is 0 Å². The van der Waals surface area contributed by atoms with Crippen LogP contribution in [0.15, 0.2) is 0 Å². The molecule has 1 amide bonds. The fraction of sp³-hybridized carbons (Fsp3) is 0.800. The third-order valence-electron chi connectivity index (χ3n) is 1.80. The van der Waals surface area contributed by atoms with Crippen molar-refractivity contribution < 1.29 is 14.3 Å². The molecule has 0 saturated carbocycles. The zero-order chi connectivity index (χ0) is 12.6. The summed E-state index contributed by atoms with van der Waals surface area (Å²) in [4.78, 5) is 21.7. The number of rotatable bonds is 8. The molecular weight excluding hydrogens is 228 g/mol. The van der Waals surface area contributed by atoms with Crippen LogP contribution in [-0.4, -0.2) is 47.2 Å². The van der Waals surface area contributed by atoms with E-state index in [1.165, 1.54) is 16.4 Å². The number of carbonyl (C=O) groups is 2. The Balaban J connectivity index is 4.03. The molecule has 0 fully saturated rings. The maximum atomic E-state index is 11.2. The van der Waals surface area contributed by atoms with E-state index < -0.39 is 0 Å². The minimum Gasteiger partial charge on any atom is -0.466 e. The largest absolute Gasteiger partial charge is 0.466 e. The maximum absolute atomic E-state index is 11.2. The average molecular weight is 248 g/mol. The molecule has 0 N–H and O–H groups in total. The molecule has 0 aromatic carbocycles. The predicted octanol–water partition coefficient (Wildman–Crippen LogP) is 1.30. The van der Waals surface area contributed by atoms with E-state index in [0.717, 1.165) is 6.41 Å². The zero-order valence-electron chi connectivity index (χ0n) is 10.3. The fourth-order valence-electron chi connectivity index (χ4n) is 1.01. The SMILES string of the molecule is CCOC(=O)CCN(SN(C)C=O)C(C)C. The smallest absolute Gasteiger partial charge is 0.307 e. The summed E-state index contributed by atoms with van der Waals surface area (Å²) < 4.78 is 8.27. The van der Waals surface area contributed by atoms with Gasteiger partial charge in [0, 0.05) is 31.8 Å². The van der Waals surface area contributed by atoms with Crippen molar-refractivity contribution in [3.63, 3.8) is 0 Å². The zero-order valence-corrected chi connectivity index (χ0v) is 11.1. The summed E-state index contributed by atoms with van der Waals surface area (Å²) in [6.07, 6.45) is 1.08. The highest BCUT2D eigenvalue weighted by Crippen LogP contribution is 2.16. The molecule has 0 heterocycles. The number of amides is 1. The molecule has 0 saturated heterocycles. The number of esters is 1. The van der Waals surface area contributed by atoms with Crippen molar-refractivity contribution in [2.24, 2.45) is 0 Å². The molecule has 0 bridgehead atoms. The highest BCUT2D eigenvalue weighted by atomic mass is 32.2. The molecule has 0 spiro atoms. The maximum Gasteiger partial charge on any atom is 0.307 e. The molecule has 0 aromatic rings. The Morgan fingerprint density at radius 1 is 1.50 bits per heavy atom. The Labute approximate surface area is 101 Å². The lowest BCUT2D eigenvalue weighted by molar-refractivity contribution is -0.143. The van der Waals surface area contributed by atoms with E-state index in [4.69, 9.17) is 4.74 Å². The van der Waals surface area contributed by atoms with E-state index in [9.17, 15) is 9.59 Å². The summed E-state index contributed by atoms with van der Waals surface area (Å²) in [5.41, 5.74) is 0. The van der Waals surface area contributed by atoms with Crippen molar-refractivity contribution in [3.05, 3.63) is 0 Å². The first-order valence-corrected chi connectivity index (χ1v) is 6.02. The average Bonchev–Trinajstić information content (AvgIpc) is 2.23. The molecule has 0 atom stereocenters. The van der Waals surface area contributed by atoms with Crippen LogP contribution in [0.2, 0.25) is 0 Å². The van der Waals surface area contributed by atoms with Gasteiger partial charge < -0.3 is 4.74 Å². The third kappa shape index (κ3) is 6.68. The molecule has 6 heteroatoms. The Hall–Kier alpha value is -0.750. The summed E-state index contributed by atoms with van der Waals surface area (Å²) in [7, 11) is 1.68. The van der Waals surface area contributed by atoms with E-state index in [1.54, 1.807) is 14.0 Å². The van der Waals surface area contributed by atoms with Gasteiger partial charge in [-0.25, -0.2) is 4.31 Å². The number of carbonyl (C=O) groups excluding carboxylic acids is 2. The topological polar surface area (TPSA) is 49.9 Å². The Morgan fingerprint density at radius 3 is 2.56 bits per heavy atom. The van der Waals surface area contributed by atoms with Crippen LogP contribution < -0.4 is 0 Å². The number of nitrogens with zero attached hydrogens (tertiary/aromatic N) is 2. The lowest BCUT2D eigenvalue weighted by atomic mass is 10.3. The molecule has 0 radical (unpaired) electrons.